The Hall–Kier alpha value is 0.890. The number of alkyl halides is 2. The van der Waals surface area contributed by atoms with Crippen LogP contribution in [0.25, 0.3) is 0 Å². The first-order valence-corrected chi connectivity index (χ1v) is 7.04. The maximum Gasteiger partial charge on any atom is 0.175 e. The Morgan fingerprint density at radius 2 is 1.85 bits per heavy atom. The maximum absolute atomic E-state index is 6.36. The summed E-state index contributed by atoms with van der Waals surface area (Å²) in [4.78, 5) is 0. The number of hydrogen-bond donors (Lipinski definition) is 0. The van der Waals surface area contributed by atoms with Crippen LogP contribution in [0.15, 0.2) is 0 Å². The lowest BCUT2D eigenvalue weighted by molar-refractivity contribution is 0.326. The second-order valence-electron chi connectivity index (χ2n) is 4.12. The van der Waals surface area contributed by atoms with Gasteiger partial charge in [-0.1, -0.05) is 0 Å². The van der Waals surface area contributed by atoms with Gasteiger partial charge in [-0.25, -0.2) is 0 Å². The minimum Gasteiger partial charge on any atom is -0.174 e. The molecule has 1 saturated heterocycles. The zero-order chi connectivity index (χ0) is 9.16. The number of rotatable bonds is 2. The van der Waals surface area contributed by atoms with Gasteiger partial charge in [-0.05, 0) is 13.3 Å². The highest BCUT2D eigenvalue weighted by atomic mass is 35.5. The number of hydrogen-bond acceptors (Lipinski definition) is 1. The van der Waals surface area contributed by atoms with E-state index in [9.17, 15) is 0 Å². The van der Waals surface area contributed by atoms with Crippen LogP contribution in [0.1, 0.15) is 13.3 Å². The standard InChI is InChI=1S/C9H13Cl2OS/c1-2-12-13-8-5-3-4(6(8)10)7(11)9(5)13/h4-9H,2-3H2,1H3/q+1/t4?,5?,6-,7+,8-,9+,13?. The van der Waals surface area contributed by atoms with E-state index in [1.165, 1.54) is 6.42 Å². The Bertz CT molecular complexity index is 216. The van der Waals surface area contributed by atoms with E-state index in [4.69, 9.17) is 27.4 Å². The molecule has 0 radical (unpaired) electrons. The van der Waals surface area contributed by atoms with E-state index in [1.807, 2.05) is 0 Å². The van der Waals surface area contributed by atoms with Gasteiger partial charge in [-0.2, -0.15) is 4.18 Å². The van der Waals surface area contributed by atoms with Crippen LogP contribution >= 0.6 is 23.2 Å². The van der Waals surface area contributed by atoms with Crippen molar-refractivity contribution >= 4 is 34.4 Å². The third-order valence-corrected chi connectivity index (χ3v) is 7.98. The van der Waals surface area contributed by atoms with Crippen molar-refractivity contribution in [1.29, 1.82) is 0 Å². The molecule has 74 valence electrons. The number of fused-ring (bicyclic) bond motifs is 1. The second kappa shape index (κ2) is 2.94. The van der Waals surface area contributed by atoms with Crippen LogP contribution in [0.4, 0.5) is 0 Å². The Kier molecular flexibility index (Phi) is 2.07. The van der Waals surface area contributed by atoms with E-state index in [2.05, 4.69) is 6.92 Å². The molecule has 3 fully saturated rings. The highest BCUT2D eigenvalue weighted by molar-refractivity contribution is 7.95. The summed E-state index contributed by atoms with van der Waals surface area (Å²) in [6.07, 6.45) is 1.26. The Morgan fingerprint density at radius 1 is 1.23 bits per heavy atom. The molecule has 1 heterocycles. The summed E-state index contributed by atoms with van der Waals surface area (Å²) in [5, 5.41) is 1.89. The van der Waals surface area contributed by atoms with Gasteiger partial charge in [0.15, 0.2) is 21.7 Å². The Balaban J connectivity index is 1.83. The van der Waals surface area contributed by atoms with Crippen LogP contribution in [0.2, 0.25) is 0 Å². The smallest absolute Gasteiger partial charge is 0.174 e. The van der Waals surface area contributed by atoms with E-state index in [0.717, 1.165) is 12.5 Å². The summed E-state index contributed by atoms with van der Waals surface area (Å²) in [6.45, 7) is 2.86. The Morgan fingerprint density at radius 3 is 2.23 bits per heavy atom. The molecule has 0 aromatic rings. The molecule has 1 nitrogen and oxygen atoms in total. The molecule has 0 amide bonds. The third-order valence-electron chi connectivity index (χ3n) is 3.62. The van der Waals surface area contributed by atoms with E-state index >= 15 is 0 Å². The summed E-state index contributed by atoms with van der Waals surface area (Å²) < 4.78 is 5.74. The first-order valence-electron chi connectivity index (χ1n) is 4.89. The molecular weight excluding hydrogens is 227 g/mol. The minimum absolute atomic E-state index is 0.0953. The molecule has 2 aliphatic carbocycles. The SMILES string of the molecule is CCO[S+]1[C@@H]2C3CC([C@H]2Cl)[C@H](Cl)[C@H]31. The van der Waals surface area contributed by atoms with Gasteiger partial charge < -0.3 is 0 Å². The van der Waals surface area contributed by atoms with Crippen molar-refractivity contribution in [3.05, 3.63) is 0 Å². The van der Waals surface area contributed by atoms with Gasteiger partial charge in [0.05, 0.1) is 16.7 Å². The fourth-order valence-corrected chi connectivity index (χ4v) is 7.57. The van der Waals surface area contributed by atoms with Gasteiger partial charge in [0.2, 0.25) is 0 Å². The van der Waals surface area contributed by atoms with Crippen LogP contribution < -0.4 is 0 Å². The normalized spacial score (nSPS) is 62.5. The van der Waals surface area contributed by atoms with E-state index in [-0.39, 0.29) is 11.2 Å². The zero-order valence-corrected chi connectivity index (χ0v) is 9.78. The van der Waals surface area contributed by atoms with Gasteiger partial charge in [0, 0.05) is 5.92 Å². The lowest BCUT2D eigenvalue weighted by Crippen LogP contribution is -2.63. The molecule has 0 N–H and O–H groups in total. The molecule has 1 aliphatic heterocycles. The molecule has 2 bridgehead atoms. The predicted octanol–water partition coefficient (Wildman–Crippen LogP) is 2.17. The summed E-state index contributed by atoms with van der Waals surface area (Å²) in [5.41, 5.74) is 0. The molecule has 7 atom stereocenters. The van der Waals surface area contributed by atoms with Gasteiger partial charge in [0.1, 0.15) is 6.61 Å². The average molecular weight is 240 g/mol. The van der Waals surface area contributed by atoms with Gasteiger partial charge >= 0.3 is 0 Å². The molecule has 0 aromatic carbocycles. The summed E-state index contributed by atoms with van der Waals surface area (Å²) >= 11 is 12.8. The molecule has 13 heavy (non-hydrogen) atoms. The zero-order valence-electron chi connectivity index (χ0n) is 7.45. The number of halogens is 2. The molecule has 4 heteroatoms. The second-order valence-corrected chi connectivity index (χ2v) is 7.11. The topological polar surface area (TPSA) is 9.23 Å². The van der Waals surface area contributed by atoms with Crippen molar-refractivity contribution in [3.8, 4) is 0 Å². The van der Waals surface area contributed by atoms with Gasteiger partial charge in [-0.3, -0.25) is 0 Å². The van der Waals surface area contributed by atoms with Crippen LogP contribution in [0.3, 0.4) is 0 Å². The molecular formula is C9H13Cl2OS+. The Labute approximate surface area is 91.7 Å². The molecule has 3 rings (SSSR count). The van der Waals surface area contributed by atoms with Crippen molar-refractivity contribution in [1.82, 2.24) is 0 Å². The van der Waals surface area contributed by atoms with Crippen LogP contribution in [-0.4, -0.2) is 27.9 Å². The van der Waals surface area contributed by atoms with E-state index in [0.29, 0.717) is 27.2 Å². The van der Waals surface area contributed by atoms with Crippen LogP contribution in [-0.2, 0) is 15.4 Å². The van der Waals surface area contributed by atoms with Crippen LogP contribution in [0.5, 0.6) is 0 Å². The lowest BCUT2D eigenvalue weighted by atomic mass is 9.97. The molecule has 0 spiro atoms. The fraction of sp³-hybridized carbons (Fsp3) is 1.00. The highest BCUT2D eigenvalue weighted by Gasteiger charge is 2.79. The maximum atomic E-state index is 6.36. The van der Waals surface area contributed by atoms with E-state index < -0.39 is 0 Å². The first-order chi connectivity index (χ1) is 6.25. The first kappa shape index (κ1) is 9.14. The average Bonchev–Trinajstić information content (AvgIpc) is 2.48. The molecule has 0 aromatic heterocycles. The third kappa shape index (κ3) is 0.961. The minimum atomic E-state index is 0.0953. The largest absolute Gasteiger partial charge is 0.175 e. The monoisotopic (exact) mass is 239 g/mol. The van der Waals surface area contributed by atoms with Crippen molar-refractivity contribution in [3.63, 3.8) is 0 Å². The quantitative estimate of drug-likeness (QED) is 0.531. The van der Waals surface area contributed by atoms with Crippen molar-refractivity contribution < 1.29 is 4.18 Å². The fourth-order valence-electron chi connectivity index (χ4n) is 3.15. The molecule has 3 unspecified atom stereocenters. The van der Waals surface area contributed by atoms with Crippen molar-refractivity contribution in [2.75, 3.05) is 6.61 Å². The predicted molar refractivity (Wildman–Crippen MR) is 57.4 cm³/mol. The van der Waals surface area contributed by atoms with Crippen molar-refractivity contribution in [2.24, 2.45) is 11.8 Å². The summed E-state index contributed by atoms with van der Waals surface area (Å²) in [5.74, 6) is 1.37. The highest BCUT2D eigenvalue weighted by Crippen LogP contribution is 2.63. The molecule has 2 saturated carbocycles. The van der Waals surface area contributed by atoms with Crippen molar-refractivity contribution in [2.45, 2.75) is 34.6 Å². The molecule has 3 aliphatic rings. The lowest BCUT2D eigenvalue weighted by Gasteiger charge is -2.42. The van der Waals surface area contributed by atoms with Gasteiger partial charge in [-0.15, -0.1) is 23.2 Å². The summed E-state index contributed by atoms with van der Waals surface area (Å²) in [6, 6.07) is 0. The van der Waals surface area contributed by atoms with Gasteiger partial charge in [0.25, 0.3) is 0 Å². The van der Waals surface area contributed by atoms with Crippen LogP contribution in [0, 0.1) is 11.8 Å². The summed E-state index contributed by atoms with van der Waals surface area (Å²) in [7, 11) is 0. The van der Waals surface area contributed by atoms with E-state index in [1.54, 1.807) is 0 Å².